The van der Waals surface area contributed by atoms with Gasteiger partial charge < -0.3 is 19.5 Å². The lowest BCUT2D eigenvalue weighted by atomic mass is 10.2. The molecule has 34 heavy (non-hydrogen) atoms. The van der Waals surface area contributed by atoms with Gasteiger partial charge in [0.15, 0.2) is 10.0 Å². The molecule has 0 radical (unpaired) electrons. The second-order valence-corrected chi connectivity index (χ2v) is 11.6. The first-order valence-corrected chi connectivity index (χ1v) is 12.6. The Morgan fingerprint density at radius 2 is 2.15 bits per heavy atom. The van der Waals surface area contributed by atoms with Crippen molar-refractivity contribution in [2.24, 2.45) is 0 Å². The normalized spacial score (nSPS) is 27.1. The summed E-state index contributed by atoms with van der Waals surface area (Å²) >= 11 is 9.52. The fraction of sp³-hybridized carbons (Fsp3) is 0.421. The van der Waals surface area contributed by atoms with Crippen LogP contribution >= 0.6 is 35.3 Å². The molecule has 6 atom stereocenters. The average Bonchev–Trinajstić information content (AvgIpc) is 2.95. The molecule has 186 valence electrons. The molecule has 1 saturated heterocycles. The van der Waals surface area contributed by atoms with Crippen molar-refractivity contribution in [1.82, 2.24) is 14.6 Å². The van der Waals surface area contributed by atoms with E-state index in [1.165, 1.54) is 13.0 Å². The van der Waals surface area contributed by atoms with Crippen molar-refractivity contribution < 1.29 is 33.4 Å². The second kappa shape index (κ2) is 10.3. The summed E-state index contributed by atoms with van der Waals surface area (Å²) in [5.41, 5.74) is -0.672. The molecule has 1 unspecified atom stereocenters. The van der Waals surface area contributed by atoms with Gasteiger partial charge >= 0.3 is 19.4 Å². The highest BCUT2D eigenvalue weighted by Crippen LogP contribution is 2.50. The lowest BCUT2D eigenvalue weighted by Gasteiger charge is -2.25. The summed E-state index contributed by atoms with van der Waals surface area (Å²) in [5, 5.41) is 22.2. The third-order valence-corrected chi connectivity index (χ3v) is 7.74. The summed E-state index contributed by atoms with van der Waals surface area (Å²) in [6.07, 6.45) is -2.85. The third kappa shape index (κ3) is 5.98. The van der Waals surface area contributed by atoms with Gasteiger partial charge in [0.05, 0.1) is 6.61 Å². The standard InChI is InChI=1S/C19H22BrClN3O9P/c1-10-4-3-5-12(8-10)33-34(30,23-11(2)16(27)28)31-9-13-15(26)19(20,21)17(32-13)24-7-6-14(25)22-18(24)29/h3-8,11,13,15,17,26H,9H2,1-2H3,(H,23,30)(H,27,28)(H,22,25,29)/t11-,13+,15+,17+,19-,34?/m0/s1. The summed E-state index contributed by atoms with van der Waals surface area (Å²) in [5.74, 6) is -1.14. The Labute approximate surface area is 206 Å². The number of carboxylic acids is 1. The molecule has 1 aromatic heterocycles. The van der Waals surface area contributed by atoms with E-state index in [4.69, 9.17) is 25.4 Å². The Kier molecular flexibility index (Phi) is 8.08. The molecule has 2 aromatic rings. The van der Waals surface area contributed by atoms with Gasteiger partial charge in [-0.2, -0.15) is 5.09 Å². The number of hydrogen-bond acceptors (Lipinski definition) is 8. The Hall–Kier alpha value is -1.99. The van der Waals surface area contributed by atoms with E-state index >= 15 is 0 Å². The van der Waals surface area contributed by atoms with Crippen LogP contribution in [0.25, 0.3) is 0 Å². The van der Waals surface area contributed by atoms with Crippen molar-refractivity contribution in [3.05, 3.63) is 62.9 Å². The number of benzene rings is 1. The molecule has 2 heterocycles. The van der Waals surface area contributed by atoms with Crippen LogP contribution in [-0.4, -0.2) is 54.4 Å². The summed E-state index contributed by atoms with van der Waals surface area (Å²) in [7, 11) is -4.30. The molecule has 0 spiro atoms. The van der Waals surface area contributed by atoms with Crippen molar-refractivity contribution >= 4 is 41.2 Å². The van der Waals surface area contributed by atoms with E-state index in [-0.39, 0.29) is 5.75 Å². The van der Waals surface area contributed by atoms with Gasteiger partial charge in [0.2, 0.25) is 0 Å². The minimum absolute atomic E-state index is 0.158. The molecule has 12 nitrogen and oxygen atoms in total. The van der Waals surface area contributed by atoms with Crippen LogP contribution in [0.2, 0.25) is 0 Å². The van der Waals surface area contributed by atoms with Gasteiger partial charge in [0.25, 0.3) is 5.56 Å². The zero-order valence-corrected chi connectivity index (χ0v) is 21.1. The van der Waals surface area contributed by atoms with Crippen molar-refractivity contribution in [2.75, 3.05) is 6.61 Å². The molecule has 15 heteroatoms. The number of H-pyrrole nitrogens is 1. The van der Waals surface area contributed by atoms with E-state index < -0.39 is 59.8 Å². The zero-order chi connectivity index (χ0) is 25.3. The van der Waals surface area contributed by atoms with Crippen molar-refractivity contribution in [3.63, 3.8) is 0 Å². The maximum absolute atomic E-state index is 13.4. The van der Waals surface area contributed by atoms with Gasteiger partial charge in [0.1, 0.15) is 24.0 Å². The van der Waals surface area contributed by atoms with Gasteiger partial charge in [-0.25, -0.2) is 9.36 Å². The van der Waals surface area contributed by atoms with Crippen LogP contribution < -0.4 is 20.9 Å². The molecule has 0 bridgehead atoms. The number of halogens is 2. The van der Waals surface area contributed by atoms with Gasteiger partial charge in [-0.1, -0.05) is 39.7 Å². The first-order chi connectivity index (χ1) is 15.8. The predicted molar refractivity (Wildman–Crippen MR) is 124 cm³/mol. The maximum Gasteiger partial charge on any atom is 0.459 e. The number of aromatic nitrogens is 2. The maximum atomic E-state index is 13.4. The SMILES string of the molecule is Cc1cccc(OP(=O)(N[C@@H](C)C(=O)O)OC[C@H]2O[C@@H](n3ccc(=O)[nH]c3=O)[C@](Cl)(Br)[C@@H]2O)c1. The van der Waals surface area contributed by atoms with Crippen molar-refractivity contribution in [3.8, 4) is 5.75 Å². The molecule has 0 aliphatic carbocycles. The second-order valence-electron chi connectivity index (χ2n) is 7.55. The van der Waals surface area contributed by atoms with Crippen LogP contribution in [0.15, 0.2) is 46.1 Å². The van der Waals surface area contributed by atoms with Crippen LogP contribution in [0.3, 0.4) is 0 Å². The minimum Gasteiger partial charge on any atom is -0.480 e. The van der Waals surface area contributed by atoms with Crippen LogP contribution in [0, 0.1) is 6.92 Å². The summed E-state index contributed by atoms with van der Waals surface area (Å²) < 4.78 is 29.2. The molecule has 3 rings (SSSR count). The van der Waals surface area contributed by atoms with Crippen molar-refractivity contribution in [1.29, 1.82) is 0 Å². The average molecular weight is 583 g/mol. The lowest BCUT2D eigenvalue weighted by molar-refractivity contribution is -0.138. The predicted octanol–water partition coefficient (Wildman–Crippen LogP) is 1.70. The highest BCUT2D eigenvalue weighted by atomic mass is 79.9. The molecule has 1 aliphatic heterocycles. The van der Waals surface area contributed by atoms with Crippen LogP contribution in [0.1, 0.15) is 18.7 Å². The largest absolute Gasteiger partial charge is 0.480 e. The summed E-state index contributed by atoms with van der Waals surface area (Å²) in [6, 6.07) is 6.29. The number of carbonyl (C=O) groups is 1. The van der Waals surface area contributed by atoms with Gasteiger partial charge in [-0.15, -0.1) is 0 Å². The molecule has 0 amide bonds. The molecule has 1 aliphatic rings. The molecule has 4 N–H and O–H groups in total. The van der Waals surface area contributed by atoms with E-state index in [1.807, 2.05) is 0 Å². The van der Waals surface area contributed by atoms with E-state index in [2.05, 4.69) is 26.0 Å². The first kappa shape index (κ1) is 26.6. The number of aromatic amines is 1. The van der Waals surface area contributed by atoms with Gasteiger partial charge in [0, 0.05) is 12.3 Å². The summed E-state index contributed by atoms with van der Waals surface area (Å²) in [4.78, 5) is 36.9. The monoisotopic (exact) mass is 581 g/mol. The van der Waals surface area contributed by atoms with Crippen LogP contribution in [0.5, 0.6) is 5.75 Å². The minimum atomic E-state index is -4.30. The van der Waals surface area contributed by atoms with Crippen LogP contribution in [-0.2, 0) is 18.6 Å². The fourth-order valence-corrected chi connectivity index (χ4v) is 5.50. The van der Waals surface area contributed by atoms with Crippen LogP contribution in [0.4, 0.5) is 0 Å². The third-order valence-electron chi connectivity index (χ3n) is 4.83. The fourth-order valence-electron chi connectivity index (χ4n) is 3.08. The van der Waals surface area contributed by atoms with Gasteiger partial charge in [-0.05, 0) is 31.5 Å². The number of aliphatic carboxylic acids is 1. The Bertz CT molecular complexity index is 1220. The van der Waals surface area contributed by atoms with E-state index in [0.29, 0.717) is 0 Å². The Morgan fingerprint density at radius 1 is 1.44 bits per heavy atom. The number of ether oxygens (including phenoxy) is 1. The highest BCUT2D eigenvalue weighted by molar-refractivity contribution is 9.10. The van der Waals surface area contributed by atoms with E-state index in [0.717, 1.165) is 22.4 Å². The zero-order valence-electron chi connectivity index (χ0n) is 17.9. The number of rotatable bonds is 9. The molecule has 0 saturated carbocycles. The number of alkyl halides is 2. The first-order valence-electron chi connectivity index (χ1n) is 9.86. The molecule has 1 fully saturated rings. The number of nitrogens with zero attached hydrogens (tertiary/aromatic N) is 1. The van der Waals surface area contributed by atoms with Crippen molar-refractivity contribution in [2.45, 2.75) is 42.1 Å². The van der Waals surface area contributed by atoms with Gasteiger partial charge in [-0.3, -0.25) is 23.7 Å². The Balaban J connectivity index is 1.82. The molecule has 1 aromatic carbocycles. The number of hydrogen-bond donors (Lipinski definition) is 4. The number of aliphatic hydroxyl groups excluding tert-OH is 1. The Morgan fingerprint density at radius 3 is 2.76 bits per heavy atom. The summed E-state index contributed by atoms with van der Waals surface area (Å²) in [6.45, 7) is 2.47. The van der Waals surface area contributed by atoms with E-state index in [9.17, 15) is 29.2 Å². The molecular formula is C19H22BrClN3O9P. The smallest absolute Gasteiger partial charge is 0.459 e. The number of carboxylic acid groups (broad SMARTS) is 1. The molecular weight excluding hydrogens is 561 g/mol. The quantitative estimate of drug-likeness (QED) is 0.252. The topological polar surface area (TPSA) is 169 Å². The lowest BCUT2D eigenvalue weighted by Crippen LogP contribution is -2.41. The number of aryl methyl sites for hydroxylation is 1. The highest BCUT2D eigenvalue weighted by Gasteiger charge is 2.55. The number of aliphatic hydroxyl groups is 1. The van der Waals surface area contributed by atoms with E-state index in [1.54, 1.807) is 25.1 Å². The number of nitrogens with one attached hydrogen (secondary N) is 2.